The van der Waals surface area contributed by atoms with Crippen LogP contribution in [0.1, 0.15) is 22.5 Å². The van der Waals surface area contributed by atoms with Crippen LogP contribution >= 0.6 is 0 Å². The van der Waals surface area contributed by atoms with Crippen molar-refractivity contribution < 1.29 is 29.1 Å². The molecule has 1 aromatic heterocycles. The number of aromatic nitrogens is 1. The third-order valence-corrected chi connectivity index (χ3v) is 1.98. The van der Waals surface area contributed by atoms with Crippen molar-refractivity contribution in [1.82, 2.24) is 10.5 Å². The molecule has 0 bridgehead atoms. The third-order valence-electron chi connectivity index (χ3n) is 1.98. The van der Waals surface area contributed by atoms with Crippen LogP contribution in [0.4, 0.5) is 0 Å². The predicted octanol–water partition coefficient (Wildman–Crippen LogP) is -0.359. The molecule has 0 radical (unpaired) electrons. The third kappa shape index (κ3) is 3.30. The van der Waals surface area contributed by atoms with E-state index in [2.05, 4.69) is 15.0 Å². The van der Waals surface area contributed by atoms with E-state index in [-0.39, 0.29) is 11.3 Å². The summed E-state index contributed by atoms with van der Waals surface area (Å²) in [5.74, 6) is -3.26. The maximum atomic E-state index is 11.6. The van der Waals surface area contributed by atoms with Gasteiger partial charge in [-0.2, -0.15) is 0 Å². The van der Waals surface area contributed by atoms with Crippen LogP contribution in [0, 0.1) is 6.92 Å². The first-order valence-corrected chi connectivity index (χ1v) is 4.58. The number of amides is 1. The molecule has 0 unspecified atom stereocenters. The fraction of sp³-hybridized carbons (Fsp3) is 0.333. The van der Waals surface area contributed by atoms with Crippen LogP contribution in [0.2, 0.25) is 0 Å². The van der Waals surface area contributed by atoms with Gasteiger partial charge in [0, 0.05) is 0 Å². The van der Waals surface area contributed by atoms with Crippen molar-refractivity contribution in [3.63, 3.8) is 0 Å². The van der Waals surface area contributed by atoms with Gasteiger partial charge in [-0.3, -0.25) is 9.59 Å². The molecule has 1 amide bonds. The van der Waals surface area contributed by atoms with Crippen molar-refractivity contribution in [3.8, 4) is 0 Å². The van der Waals surface area contributed by atoms with Gasteiger partial charge in [-0.1, -0.05) is 5.16 Å². The Labute approximate surface area is 95.2 Å². The Morgan fingerprint density at radius 2 is 2.12 bits per heavy atom. The summed E-state index contributed by atoms with van der Waals surface area (Å²) < 4.78 is 4.63. The lowest BCUT2D eigenvalue weighted by molar-refractivity contribution is -0.145. The quantitative estimate of drug-likeness (QED) is 0.642. The van der Waals surface area contributed by atoms with Crippen molar-refractivity contribution in [2.75, 3.05) is 0 Å². The van der Waals surface area contributed by atoms with Gasteiger partial charge in [-0.05, 0) is 6.92 Å². The predicted molar refractivity (Wildman–Crippen MR) is 52.4 cm³/mol. The van der Waals surface area contributed by atoms with E-state index in [1.165, 1.54) is 6.92 Å². The number of carbonyl (C=O) groups excluding carboxylic acids is 1. The van der Waals surface area contributed by atoms with E-state index in [0.29, 0.717) is 0 Å². The topological polar surface area (TPSA) is 130 Å². The number of carboxylic acid groups (broad SMARTS) is 2. The SMILES string of the molecule is Cc1oncc1C(=O)N[C@H](CC(=O)O)C(=O)O. The number of aryl methyl sites for hydroxylation is 1. The Hall–Kier alpha value is -2.38. The van der Waals surface area contributed by atoms with E-state index < -0.39 is 30.3 Å². The molecule has 1 rings (SSSR count). The average Bonchev–Trinajstić information content (AvgIpc) is 2.62. The summed E-state index contributed by atoms with van der Waals surface area (Å²) in [5, 5.41) is 22.6. The van der Waals surface area contributed by atoms with Crippen molar-refractivity contribution in [2.24, 2.45) is 0 Å². The highest BCUT2D eigenvalue weighted by Crippen LogP contribution is 2.06. The molecule has 0 saturated heterocycles. The summed E-state index contributed by atoms with van der Waals surface area (Å²) in [7, 11) is 0. The van der Waals surface area contributed by atoms with Gasteiger partial charge in [0.2, 0.25) is 0 Å². The summed E-state index contributed by atoms with van der Waals surface area (Å²) in [6, 6.07) is -1.49. The van der Waals surface area contributed by atoms with E-state index in [4.69, 9.17) is 10.2 Å². The first-order chi connectivity index (χ1) is 7.91. The molecule has 0 aliphatic heterocycles. The molecule has 1 atom stereocenters. The molecule has 92 valence electrons. The Morgan fingerprint density at radius 3 is 2.53 bits per heavy atom. The van der Waals surface area contributed by atoms with E-state index in [1.807, 2.05) is 0 Å². The van der Waals surface area contributed by atoms with E-state index in [1.54, 1.807) is 0 Å². The Balaban J connectivity index is 2.74. The van der Waals surface area contributed by atoms with E-state index in [0.717, 1.165) is 6.20 Å². The Morgan fingerprint density at radius 1 is 1.47 bits per heavy atom. The normalized spacial score (nSPS) is 11.8. The largest absolute Gasteiger partial charge is 0.481 e. The van der Waals surface area contributed by atoms with Crippen molar-refractivity contribution in [2.45, 2.75) is 19.4 Å². The highest BCUT2D eigenvalue weighted by molar-refractivity contribution is 5.97. The lowest BCUT2D eigenvalue weighted by Gasteiger charge is -2.11. The van der Waals surface area contributed by atoms with Gasteiger partial charge in [0.1, 0.15) is 17.4 Å². The molecule has 1 heterocycles. The number of nitrogens with one attached hydrogen (secondary N) is 1. The smallest absolute Gasteiger partial charge is 0.326 e. The molecule has 3 N–H and O–H groups in total. The molecular formula is C9H10N2O6. The van der Waals surface area contributed by atoms with E-state index >= 15 is 0 Å². The van der Waals surface area contributed by atoms with Crippen LogP contribution in [0.25, 0.3) is 0 Å². The molecule has 0 fully saturated rings. The van der Waals surface area contributed by atoms with Crippen molar-refractivity contribution >= 4 is 17.8 Å². The monoisotopic (exact) mass is 242 g/mol. The lowest BCUT2D eigenvalue weighted by atomic mass is 10.2. The standard InChI is InChI=1S/C9H10N2O6/c1-4-5(3-10-17-4)8(14)11-6(9(15)16)2-7(12)13/h3,6H,2H2,1H3,(H,11,14)(H,12,13)(H,15,16)/t6-/m1/s1. The number of rotatable bonds is 5. The van der Waals surface area contributed by atoms with Crippen LogP contribution < -0.4 is 5.32 Å². The zero-order valence-electron chi connectivity index (χ0n) is 8.84. The number of aliphatic carboxylic acids is 2. The molecule has 1 aromatic rings. The molecule has 8 heteroatoms. The number of nitrogens with zero attached hydrogens (tertiary/aromatic N) is 1. The summed E-state index contributed by atoms with van der Waals surface area (Å²) in [4.78, 5) is 32.7. The van der Waals surface area contributed by atoms with Gasteiger partial charge < -0.3 is 20.1 Å². The molecule has 0 spiro atoms. The zero-order chi connectivity index (χ0) is 13.0. The number of hydrogen-bond acceptors (Lipinski definition) is 5. The number of carboxylic acids is 2. The molecule has 0 saturated carbocycles. The van der Waals surface area contributed by atoms with Gasteiger partial charge in [0.05, 0.1) is 12.6 Å². The molecule has 0 aliphatic rings. The molecule has 17 heavy (non-hydrogen) atoms. The van der Waals surface area contributed by atoms with Gasteiger partial charge >= 0.3 is 11.9 Å². The second kappa shape index (κ2) is 5.10. The van der Waals surface area contributed by atoms with Gasteiger partial charge in [-0.15, -0.1) is 0 Å². The van der Waals surface area contributed by atoms with Crippen LogP contribution in [0.5, 0.6) is 0 Å². The van der Waals surface area contributed by atoms with Crippen LogP contribution in [-0.4, -0.2) is 39.3 Å². The second-order valence-corrected chi connectivity index (χ2v) is 3.26. The molecule has 0 aliphatic carbocycles. The Bertz CT molecular complexity index is 452. The van der Waals surface area contributed by atoms with Gasteiger partial charge in [0.25, 0.3) is 5.91 Å². The summed E-state index contributed by atoms with van der Waals surface area (Å²) >= 11 is 0. The highest BCUT2D eigenvalue weighted by atomic mass is 16.5. The minimum absolute atomic E-state index is 0.0710. The summed E-state index contributed by atoms with van der Waals surface area (Å²) in [5.41, 5.74) is 0.0710. The number of carbonyl (C=O) groups is 3. The fourth-order valence-electron chi connectivity index (χ4n) is 1.13. The first kappa shape index (κ1) is 12.7. The molecule has 0 aromatic carbocycles. The van der Waals surface area contributed by atoms with Crippen LogP contribution in [0.15, 0.2) is 10.7 Å². The maximum absolute atomic E-state index is 11.6. The van der Waals surface area contributed by atoms with Crippen molar-refractivity contribution in [3.05, 3.63) is 17.5 Å². The van der Waals surface area contributed by atoms with Crippen LogP contribution in [-0.2, 0) is 9.59 Å². The van der Waals surface area contributed by atoms with Gasteiger partial charge in [0.15, 0.2) is 0 Å². The summed E-state index contributed by atoms with van der Waals surface area (Å²) in [6.45, 7) is 1.48. The lowest BCUT2D eigenvalue weighted by Crippen LogP contribution is -2.42. The summed E-state index contributed by atoms with van der Waals surface area (Å²) in [6.07, 6.45) is 0.426. The average molecular weight is 242 g/mol. The van der Waals surface area contributed by atoms with E-state index in [9.17, 15) is 14.4 Å². The highest BCUT2D eigenvalue weighted by Gasteiger charge is 2.25. The minimum Gasteiger partial charge on any atom is -0.481 e. The van der Waals surface area contributed by atoms with Crippen molar-refractivity contribution in [1.29, 1.82) is 0 Å². The maximum Gasteiger partial charge on any atom is 0.326 e. The molecule has 8 nitrogen and oxygen atoms in total. The minimum atomic E-state index is -1.49. The molecular weight excluding hydrogens is 232 g/mol. The zero-order valence-corrected chi connectivity index (χ0v) is 8.84. The fourth-order valence-corrected chi connectivity index (χ4v) is 1.13. The Kier molecular flexibility index (Phi) is 3.81. The van der Waals surface area contributed by atoms with Crippen LogP contribution in [0.3, 0.4) is 0 Å². The second-order valence-electron chi connectivity index (χ2n) is 3.26. The number of hydrogen-bond donors (Lipinski definition) is 3. The van der Waals surface area contributed by atoms with Gasteiger partial charge in [-0.25, -0.2) is 4.79 Å². The first-order valence-electron chi connectivity index (χ1n) is 4.58.